The van der Waals surface area contributed by atoms with Crippen molar-refractivity contribution in [3.63, 3.8) is 0 Å². The summed E-state index contributed by atoms with van der Waals surface area (Å²) < 4.78 is 12.5. The van der Waals surface area contributed by atoms with Crippen molar-refractivity contribution in [3.05, 3.63) is 54.7 Å². The summed E-state index contributed by atoms with van der Waals surface area (Å²) in [4.78, 5) is 21.1. The van der Waals surface area contributed by atoms with Crippen LogP contribution in [0.3, 0.4) is 0 Å². The average molecular weight is 420 g/mol. The Morgan fingerprint density at radius 3 is 2.77 bits per heavy atom. The molecule has 0 spiro atoms. The number of anilines is 1. The summed E-state index contributed by atoms with van der Waals surface area (Å²) in [6, 6.07) is 9.24. The van der Waals surface area contributed by atoms with Crippen molar-refractivity contribution in [1.29, 1.82) is 0 Å². The van der Waals surface area contributed by atoms with Crippen LogP contribution in [0.1, 0.15) is 25.6 Å². The van der Waals surface area contributed by atoms with E-state index in [1.165, 1.54) is 0 Å². The van der Waals surface area contributed by atoms with Crippen LogP contribution < -0.4 is 15.4 Å². The first-order valence-electron chi connectivity index (χ1n) is 10.0. The van der Waals surface area contributed by atoms with Gasteiger partial charge in [-0.25, -0.2) is 19.4 Å². The molecule has 0 aliphatic rings. The molecule has 0 unspecified atom stereocenters. The van der Waals surface area contributed by atoms with Crippen LogP contribution in [0.5, 0.6) is 5.75 Å². The summed E-state index contributed by atoms with van der Waals surface area (Å²) in [5, 5.41) is 10.8. The second-order valence-electron chi connectivity index (χ2n) is 7.32. The molecule has 0 aliphatic carbocycles. The van der Waals surface area contributed by atoms with Crippen LogP contribution >= 0.6 is 0 Å². The molecule has 3 heterocycles. The molecule has 0 saturated heterocycles. The number of methoxy groups -OCH3 is 1. The van der Waals surface area contributed by atoms with E-state index in [0.29, 0.717) is 24.5 Å². The van der Waals surface area contributed by atoms with Crippen LogP contribution in [-0.4, -0.2) is 39.4 Å². The minimum atomic E-state index is -0.309. The fourth-order valence-electron chi connectivity index (χ4n) is 3.15. The van der Waals surface area contributed by atoms with Crippen LogP contribution in [0, 0.1) is 0 Å². The Morgan fingerprint density at radius 1 is 1.23 bits per heavy atom. The van der Waals surface area contributed by atoms with Crippen LogP contribution in [0.4, 0.5) is 10.5 Å². The van der Waals surface area contributed by atoms with Crippen LogP contribution in [0.2, 0.25) is 0 Å². The molecule has 0 saturated carbocycles. The summed E-state index contributed by atoms with van der Waals surface area (Å²) in [5.74, 6) is 1.30. The number of ether oxygens (including phenoxy) is 1. The van der Waals surface area contributed by atoms with Gasteiger partial charge in [0.2, 0.25) is 5.89 Å². The molecule has 2 amide bonds. The highest BCUT2D eigenvalue weighted by Gasteiger charge is 2.10. The third-order valence-corrected chi connectivity index (χ3v) is 4.74. The Bertz CT molecular complexity index is 1180. The summed E-state index contributed by atoms with van der Waals surface area (Å²) in [7, 11) is 1.62. The maximum atomic E-state index is 12.2. The third kappa shape index (κ3) is 4.66. The van der Waals surface area contributed by atoms with E-state index in [0.717, 1.165) is 28.0 Å². The number of rotatable bonds is 7. The molecule has 9 heteroatoms. The lowest BCUT2D eigenvalue weighted by molar-refractivity contribution is 0.252. The van der Waals surface area contributed by atoms with Gasteiger partial charge < -0.3 is 19.8 Å². The van der Waals surface area contributed by atoms with Gasteiger partial charge in [0.15, 0.2) is 5.65 Å². The van der Waals surface area contributed by atoms with Gasteiger partial charge in [0.05, 0.1) is 30.9 Å². The number of nitrogens with one attached hydrogen (secondary N) is 2. The highest BCUT2D eigenvalue weighted by Crippen LogP contribution is 2.22. The fourth-order valence-corrected chi connectivity index (χ4v) is 3.15. The number of carbonyl (C=O) groups excluding carboxylic acids is 1. The van der Waals surface area contributed by atoms with E-state index >= 15 is 0 Å². The highest BCUT2D eigenvalue weighted by molar-refractivity contribution is 5.91. The van der Waals surface area contributed by atoms with Gasteiger partial charge in [-0.05, 0) is 44.2 Å². The van der Waals surface area contributed by atoms with Crippen molar-refractivity contribution < 1.29 is 13.9 Å². The number of hydrogen-bond donors (Lipinski definition) is 2. The molecule has 1 aromatic carbocycles. The molecular weight excluding hydrogens is 396 g/mol. The molecule has 0 fully saturated rings. The zero-order valence-corrected chi connectivity index (χ0v) is 17.6. The molecular formula is C22H24N6O3. The lowest BCUT2D eigenvalue weighted by Crippen LogP contribution is -2.30. The topological polar surface area (TPSA) is 107 Å². The number of hydrogen-bond acceptors (Lipinski definition) is 6. The van der Waals surface area contributed by atoms with E-state index in [4.69, 9.17) is 9.15 Å². The Balaban J connectivity index is 1.29. The SMILES string of the molecule is COc1ccc(-c2nc(CCNC(=O)Nc3cnc4c(cnn4C(C)C)c3)co2)cc1. The van der Waals surface area contributed by atoms with Gasteiger partial charge in [-0.15, -0.1) is 0 Å². The Morgan fingerprint density at radius 2 is 2.03 bits per heavy atom. The predicted molar refractivity (Wildman–Crippen MR) is 117 cm³/mol. The van der Waals surface area contributed by atoms with E-state index < -0.39 is 0 Å². The molecule has 0 aliphatic heterocycles. The van der Waals surface area contributed by atoms with E-state index in [2.05, 4.69) is 25.7 Å². The van der Waals surface area contributed by atoms with Crippen LogP contribution in [-0.2, 0) is 6.42 Å². The van der Waals surface area contributed by atoms with E-state index in [9.17, 15) is 4.79 Å². The van der Waals surface area contributed by atoms with Crippen molar-refractivity contribution in [1.82, 2.24) is 25.1 Å². The molecule has 4 aromatic rings. The molecule has 9 nitrogen and oxygen atoms in total. The minimum Gasteiger partial charge on any atom is -0.497 e. The molecule has 0 radical (unpaired) electrons. The number of pyridine rings is 1. The van der Waals surface area contributed by atoms with Gasteiger partial charge in [-0.2, -0.15) is 5.10 Å². The molecule has 31 heavy (non-hydrogen) atoms. The zero-order chi connectivity index (χ0) is 21.8. The highest BCUT2D eigenvalue weighted by atomic mass is 16.5. The van der Waals surface area contributed by atoms with Gasteiger partial charge in [-0.3, -0.25) is 0 Å². The number of oxazole rings is 1. The standard InChI is InChI=1S/C22H24N6O3/c1-14(2)28-20-16(11-25-28)10-18(12-24-20)27-22(29)23-9-8-17-13-31-21(26-17)15-4-6-19(30-3)7-5-15/h4-7,10-14H,8-9H2,1-3H3,(H2,23,27,29). The lowest BCUT2D eigenvalue weighted by Gasteiger charge is -2.08. The number of urea groups is 1. The van der Waals surface area contributed by atoms with Crippen molar-refractivity contribution in [3.8, 4) is 17.2 Å². The van der Waals surface area contributed by atoms with E-state index in [1.807, 2.05) is 48.9 Å². The molecule has 4 rings (SSSR count). The number of aromatic nitrogens is 4. The first-order chi connectivity index (χ1) is 15.0. The van der Waals surface area contributed by atoms with Gasteiger partial charge in [0.1, 0.15) is 12.0 Å². The maximum Gasteiger partial charge on any atom is 0.319 e. The van der Waals surface area contributed by atoms with Crippen molar-refractivity contribution >= 4 is 22.8 Å². The van der Waals surface area contributed by atoms with Gasteiger partial charge in [0.25, 0.3) is 0 Å². The van der Waals surface area contributed by atoms with Gasteiger partial charge in [0, 0.05) is 30.0 Å². The number of benzene rings is 1. The Kier molecular flexibility index (Phi) is 5.83. The predicted octanol–water partition coefficient (Wildman–Crippen LogP) is 4.04. The van der Waals surface area contributed by atoms with Gasteiger partial charge in [-0.1, -0.05) is 0 Å². The Labute approximate surface area is 179 Å². The molecule has 0 bridgehead atoms. The summed E-state index contributed by atoms with van der Waals surface area (Å²) in [6.07, 6.45) is 5.52. The van der Waals surface area contributed by atoms with Crippen LogP contribution in [0.15, 0.2) is 53.4 Å². The molecule has 3 aromatic heterocycles. The smallest absolute Gasteiger partial charge is 0.319 e. The number of amides is 2. The largest absolute Gasteiger partial charge is 0.497 e. The zero-order valence-electron chi connectivity index (χ0n) is 17.6. The summed E-state index contributed by atoms with van der Waals surface area (Å²) in [5.41, 5.74) is 3.02. The minimum absolute atomic E-state index is 0.217. The first-order valence-corrected chi connectivity index (χ1v) is 10.0. The second-order valence-corrected chi connectivity index (χ2v) is 7.32. The quantitative estimate of drug-likeness (QED) is 0.467. The maximum absolute atomic E-state index is 12.2. The number of fused-ring (bicyclic) bond motifs is 1. The number of carbonyl (C=O) groups is 1. The molecule has 0 atom stereocenters. The summed E-state index contributed by atoms with van der Waals surface area (Å²) in [6.45, 7) is 4.51. The van der Waals surface area contributed by atoms with E-state index in [1.54, 1.807) is 25.8 Å². The number of nitrogens with zero attached hydrogens (tertiary/aromatic N) is 4. The van der Waals surface area contributed by atoms with Crippen molar-refractivity contribution in [2.75, 3.05) is 19.0 Å². The molecule has 160 valence electrons. The Hall–Kier alpha value is -3.88. The van der Waals surface area contributed by atoms with Crippen LogP contribution in [0.25, 0.3) is 22.5 Å². The first kappa shape index (κ1) is 20.4. The van der Waals surface area contributed by atoms with E-state index in [-0.39, 0.29) is 12.1 Å². The average Bonchev–Trinajstić information content (AvgIpc) is 3.41. The third-order valence-electron chi connectivity index (χ3n) is 4.74. The van der Waals surface area contributed by atoms with Gasteiger partial charge >= 0.3 is 6.03 Å². The summed E-state index contributed by atoms with van der Waals surface area (Å²) >= 11 is 0. The monoisotopic (exact) mass is 420 g/mol. The fraction of sp³-hybridized carbons (Fsp3) is 0.273. The lowest BCUT2D eigenvalue weighted by atomic mass is 10.2. The van der Waals surface area contributed by atoms with Crippen molar-refractivity contribution in [2.45, 2.75) is 26.3 Å². The normalized spacial score (nSPS) is 11.1. The molecule has 2 N–H and O–H groups in total. The second kappa shape index (κ2) is 8.86. The van der Waals surface area contributed by atoms with Crippen molar-refractivity contribution in [2.24, 2.45) is 0 Å².